The number of ether oxygens (including phenoxy) is 3. The van der Waals surface area contributed by atoms with Crippen LogP contribution in [0, 0.1) is 0 Å². The molecule has 2 fully saturated rings. The van der Waals surface area contributed by atoms with Crippen LogP contribution in [0.1, 0.15) is 17.7 Å². The molecule has 2 saturated heterocycles. The van der Waals surface area contributed by atoms with Gasteiger partial charge in [-0.1, -0.05) is 18.2 Å². The number of hydrogen-bond donors (Lipinski definition) is 1. The molecule has 1 atom stereocenters. The number of hydrogen-bond acceptors (Lipinski definition) is 6. The van der Waals surface area contributed by atoms with E-state index in [1.807, 2.05) is 36.4 Å². The molecule has 1 N–H and O–H groups in total. The number of carbonyl (C=O) groups excluding carboxylic acids is 1. The number of fused-ring (bicyclic) bond motifs is 4. The van der Waals surface area contributed by atoms with E-state index in [1.165, 1.54) is 16.6 Å². The predicted molar refractivity (Wildman–Crippen MR) is 142 cm³/mol. The molecule has 8 heteroatoms. The molecular weight excluding hydrogens is 468 g/mol. The maximum absolute atomic E-state index is 13.8. The number of nitrogens with zero attached hydrogens (tertiary/aromatic N) is 3. The normalized spacial score (nSPS) is 22.5. The van der Waals surface area contributed by atoms with E-state index in [1.54, 1.807) is 7.11 Å². The van der Waals surface area contributed by atoms with Gasteiger partial charge in [-0.3, -0.25) is 14.6 Å². The maximum Gasteiger partial charge on any atom is 0.237 e. The van der Waals surface area contributed by atoms with E-state index in [4.69, 9.17) is 14.2 Å². The lowest BCUT2D eigenvalue weighted by Crippen LogP contribution is -2.57. The van der Waals surface area contributed by atoms with Crippen LogP contribution in [0.5, 0.6) is 11.5 Å². The Hall–Kier alpha value is -3.07. The quantitative estimate of drug-likeness (QED) is 0.534. The monoisotopic (exact) mass is 504 g/mol. The zero-order valence-corrected chi connectivity index (χ0v) is 21.6. The topological polar surface area (TPSA) is 70.3 Å². The third kappa shape index (κ3) is 4.69. The second kappa shape index (κ2) is 10.4. The van der Waals surface area contributed by atoms with E-state index in [0.29, 0.717) is 26.4 Å². The summed E-state index contributed by atoms with van der Waals surface area (Å²) in [5, 5.41) is 1.21. The molecule has 3 aromatic rings. The second-order valence-electron chi connectivity index (χ2n) is 10.3. The number of aromatic amines is 1. The summed E-state index contributed by atoms with van der Waals surface area (Å²) in [6.45, 7) is 7.38. The summed E-state index contributed by atoms with van der Waals surface area (Å²) in [5.41, 5.74) is 3.27. The standard InChI is InChI=1S/C29H36N4O4/c1-35-23-7-8-26-25(19-23)24-9-11-33(27(34)20-31-13-16-36-17-14-31)29(28(24)30-26)10-12-32(21-29)15-18-37-22-5-3-2-4-6-22/h2-8,19,30H,9-18,20-21H2,1H3. The lowest BCUT2D eigenvalue weighted by atomic mass is 9.83. The van der Waals surface area contributed by atoms with Gasteiger partial charge in [0, 0.05) is 55.9 Å². The van der Waals surface area contributed by atoms with Crippen LogP contribution < -0.4 is 9.47 Å². The van der Waals surface area contributed by atoms with Crippen molar-refractivity contribution in [3.05, 3.63) is 59.8 Å². The SMILES string of the molecule is COc1ccc2[nH]c3c(c2c1)CCN(C(=O)CN1CCOCC1)C31CCN(CCOc2ccccc2)C1. The van der Waals surface area contributed by atoms with Crippen molar-refractivity contribution in [2.75, 3.05) is 72.7 Å². The minimum absolute atomic E-state index is 0.214. The van der Waals surface area contributed by atoms with Crippen molar-refractivity contribution in [2.45, 2.75) is 18.4 Å². The van der Waals surface area contributed by atoms with Gasteiger partial charge in [-0.05, 0) is 48.7 Å². The molecule has 2 aromatic carbocycles. The number of amides is 1. The zero-order valence-electron chi connectivity index (χ0n) is 21.6. The van der Waals surface area contributed by atoms with Crippen molar-refractivity contribution in [3.63, 3.8) is 0 Å². The highest BCUT2D eigenvalue weighted by molar-refractivity contribution is 5.88. The lowest BCUT2D eigenvalue weighted by molar-refractivity contribution is -0.141. The number of carbonyl (C=O) groups is 1. The van der Waals surface area contributed by atoms with E-state index in [9.17, 15) is 4.79 Å². The summed E-state index contributed by atoms with van der Waals surface area (Å²) < 4.78 is 17.0. The first-order chi connectivity index (χ1) is 18.2. The van der Waals surface area contributed by atoms with Crippen LogP contribution in [-0.2, 0) is 21.5 Å². The molecule has 37 heavy (non-hydrogen) atoms. The van der Waals surface area contributed by atoms with E-state index in [2.05, 4.69) is 31.8 Å². The van der Waals surface area contributed by atoms with Crippen LogP contribution in [0.15, 0.2) is 48.5 Å². The highest BCUT2D eigenvalue weighted by Gasteiger charge is 2.50. The number of H-pyrrole nitrogens is 1. The first-order valence-electron chi connectivity index (χ1n) is 13.4. The molecule has 1 spiro atoms. The highest BCUT2D eigenvalue weighted by atomic mass is 16.5. The first-order valence-corrected chi connectivity index (χ1v) is 13.4. The molecule has 1 unspecified atom stereocenters. The molecule has 3 aliphatic heterocycles. The molecule has 8 nitrogen and oxygen atoms in total. The Morgan fingerprint density at radius 3 is 2.68 bits per heavy atom. The number of nitrogens with one attached hydrogen (secondary N) is 1. The number of para-hydroxylation sites is 1. The van der Waals surface area contributed by atoms with E-state index >= 15 is 0 Å². The van der Waals surface area contributed by atoms with Gasteiger partial charge in [0.25, 0.3) is 0 Å². The smallest absolute Gasteiger partial charge is 0.237 e. The van der Waals surface area contributed by atoms with Gasteiger partial charge >= 0.3 is 0 Å². The summed E-state index contributed by atoms with van der Waals surface area (Å²) in [4.78, 5) is 24.4. The Morgan fingerprint density at radius 2 is 1.86 bits per heavy atom. The third-order valence-electron chi connectivity index (χ3n) is 8.19. The molecule has 0 bridgehead atoms. The number of benzene rings is 2. The summed E-state index contributed by atoms with van der Waals surface area (Å²) in [5.74, 6) is 1.97. The fourth-order valence-electron chi connectivity index (χ4n) is 6.28. The summed E-state index contributed by atoms with van der Waals surface area (Å²) in [6.07, 6.45) is 1.75. The Bertz CT molecular complexity index is 1240. The average Bonchev–Trinajstić information content (AvgIpc) is 3.52. The molecular formula is C29H36N4O4. The largest absolute Gasteiger partial charge is 0.497 e. The number of aromatic nitrogens is 1. The average molecular weight is 505 g/mol. The van der Waals surface area contributed by atoms with Crippen molar-refractivity contribution in [1.82, 2.24) is 19.7 Å². The van der Waals surface area contributed by atoms with Gasteiger partial charge in [-0.25, -0.2) is 0 Å². The molecule has 6 rings (SSSR count). The van der Waals surface area contributed by atoms with E-state index in [-0.39, 0.29) is 11.4 Å². The van der Waals surface area contributed by atoms with Crippen LogP contribution in [0.25, 0.3) is 10.9 Å². The molecule has 0 saturated carbocycles. The van der Waals surface area contributed by atoms with Gasteiger partial charge in [0.05, 0.1) is 32.4 Å². The summed E-state index contributed by atoms with van der Waals surface area (Å²) in [6, 6.07) is 16.2. The maximum atomic E-state index is 13.8. The van der Waals surface area contributed by atoms with Gasteiger partial charge in [-0.2, -0.15) is 0 Å². The van der Waals surface area contributed by atoms with Crippen molar-refractivity contribution >= 4 is 16.8 Å². The van der Waals surface area contributed by atoms with Crippen molar-refractivity contribution in [2.24, 2.45) is 0 Å². The van der Waals surface area contributed by atoms with Gasteiger partial charge in [0.15, 0.2) is 0 Å². The minimum Gasteiger partial charge on any atom is -0.497 e. The molecule has 0 radical (unpaired) electrons. The van der Waals surface area contributed by atoms with Gasteiger partial charge in [0.1, 0.15) is 18.1 Å². The fraction of sp³-hybridized carbons (Fsp3) is 0.483. The lowest BCUT2D eigenvalue weighted by Gasteiger charge is -2.45. The van der Waals surface area contributed by atoms with Crippen LogP contribution in [0.4, 0.5) is 0 Å². The molecule has 4 heterocycles. The Balaban J connectivity index is 1.27. The van der Waals surface area contributed by atoms with Crippen molar-refractivity contribution < 1.29 is 19.0 Å². The van der Waals surface area contributed by atoms with Crippen molar-refractivity contribution in [1.29, 1.82) is 0 Å². The second-order valence-corrected chi connectivity index (χ2v) is 10.3. The van der Waals surface area contributed by atoms with Crippen molar-refractivity contribution in [3.8, 4) is 11.5 Å². The van der Waals surface area contributed by atoms with E-state index in [0.717, 1.165) is 69.1 Å². The fourth-order valence-corrected chi connectivity index (χ4v) is 6.28. The van der Waals surface area contributed by atoms with E-state index < -0.39 is 0 Å². The molecule has 1 aromatic heterocycles. The number of morpholine rings is 1. The van der Waals surface area contributed by atoms with Gasteiger partial charge in [0.2, 0.25) is 5.91 Å². The van der Waals surface area contributed by atoms with Crippen LogP contribution in [-0.4, -0.2) is 98.3 Å². The molecule has 0 aliphatic carbocycles. The minimum atomic E-state index is -0.365. The summed E-state index contributed by atoms with van der Waals surface area (Å²) in [7, 11) is 1.71. The van der Waals surface area contributed by atoms with Gasteiger partial charge < -0.3 is 24.1 Å². The Kier molecular flexibility index (Phi) is 6.80. The Morgan fingerprint density at radius 1 is 1.03 bits per heavy atom. The van der Waals surface area contributed by atoms with Crippen LogP contribution >= 0.6 is 0 Å². The number of rotatable bonds is 7. The molecule has 196 valence electrons. The van der Waals surface area contributed by atoms with Gasteiger partial charge in [-0.15, -0.1) is 0 Å². The summed E-state index contributed by atoms with van der Waals surface area (Å²) >= 11 is 0. The highest BCUT2D eigenvalue weighted by Crippen LogP contribution is 2.45. The first kappa shape index (κ1) is 24.3. The van der Waals surface area contributed by atoms with Crippen LogP contribution in [0.3, 0.4) is 0 Å². The van der Waals surface area contributed by atoms with Crippen LogP contribution in [0.2, 0.25) is 0 Å². The predicted octanol–water partition coefficient (Wildman–Crippen LogP) is 2.87. The molecule has 1 amide bonds. The zero-order chi connectivity index (χ0) is 25.2. The molecule has 3 aliphatic rings. The number of methoxy groups -OCH3 is 1. The Labute approximate surface area is 218 Å². The third-order valence-corrected chi connectivity index (χ3v) is 8.19. The number of likely N-dealkylation sites (tertiary alicyclic amines) is 1.